The van der Waals surface area contributed by atoms with Gasteiger partial charge in [0.1, 0.15) is 0 Å². The Morgan fingerprint density at radius 3 is 2.37 bits per heavy atom. The molecule has 1 aromatic carbocycles. The summed E-state index contributed by atoms with van der Waals surface area (Å²) in [7, 11) is 0. The fourth-order valence-corrected chi connectivity index (χ4v) is 3.29. The van der Waals surface area contributed by atoms with Gasteiger partial charge in [-0.05, 0) is 24.6 Å². The van der Waals surface area contributed by atoms with Crippen LogP contribution in [-0.2, 0) is 12.7 Å². The van der Waals surface area contributed by atoms with Crippen LogP contribution in [0.4, 0.5) is 18.9 Å². The van der Waals surface area contributed by atoms with E-state index >= 15 is 0 Å². The summed E-state index contributed by atoms with van der Waals surface area (Å²) >= 11 is 0. The molecule has 1 aliphatic rings. The first-order chi connectivity index (χ1) is 12.9. The quantitative estimate of drug-likeness (QED) is 0.704. The van der Waals surface area contributed by atoms with Crippen molar-refractivity contribution in [3.05, 3.63) is 53.5 Å². The highest BCUT2D eigenvalue weighted by atomic mass is 19.4. The Hall–Kier alpha value is -2.68. The number of benzene rings is 1. The Bertz CT molecular complexity index is 926. The first-order valence-corrected chi connectivity index (χ1v) is 8.72. The predicted octanol–water partition coefficient (Wildman–Crippen LogP) is 2.77. The van der Waals surface area contributed by atoms with Gasteiger partial charge in [0.15, 0.2) is 11.5 Å². The molecular formula is C18H19F3N6. The Morgan fingerprint density at radius 2 is 1.70 bits per heavy atom. The zero-order valence-corrected chi connectivity index (χ0v) is 14.8. The lowest BCUT2D eigenvalue weighted by Gasteiger charge is -2.35. The average molecular weight is 376 g/mol. The maximum atomic E-state index is 12.7. The molecule has 0 atom stereocenters. The molecule has 3 aromatic rings. The maximum Gasteiger partial charge on any atom is 0.416 e. The van der Waals surface area contributed by atoms with E-state index in [1.54, 1.807) is 16.6 Å². The standard InChI is InChI=1S/C18H19F3N6/c1-13-23-24-17-10-16(11-22-27(13)17)26-8-6-25(7-9-26)12-14-2-4-15(5-3-14)18(19,20)21/h2-5,10-11H,6-9,12H2,1H3. The van der Waals surface area contributed by atoms with Crippen LogP contribution >= 0.6 is 0 Å². The Balaban J connectivity index is 1.37. The van der Waals surface area contributed by atoms with Crippen molar-refractivity contribution in [3.8, 4) is 0 Å². The van der Waals surface area contributed by atoms with Crippen molar-refractivity contribution < 1.29 is 13.2 Å². The molecular weight excluding hydrogens is 357 g/mol. The zero-order chi connectivity index (χ0) is 19.0. The molecule has 0 bridgehead atoms. The van der Waals surface area contributed by atoms with Gasteiger partial charge in [0, 0.05) is 38.8 Å². The minimum Gasteiger partial charge on any atom is -0.368 e. The van der Waals surface area contributed by atoms with Crippen LogP contribution in [0, 0.1) is 6.92 Å². The van der Waals surface area contributed by atoms with Gasteiger partial charge in [-0.3, -0.25) is 4.90 Å². The van der Waals surface area contributed by atoms with Crippen LogP contribution in [0.5, 0.6) is 0 Å². The van der Waals surface area contributed by atoms with Gasteiger partial charge >= 0.3 is 6.18 Å². The minimum absolute atomic E-state index is 0.609. The predicted molar refractivity (Wildman–Crippen MR) is 94.5 cm³/mol. The number of alkyl halides is 3. The highest BCUT2D eigenvalue weighted by Gasteiger charge is 2.30. The second kappa shape index (κ2) is 6.80. The summed E-state index contributed by atoms with van der Waals surface area (Å²) < 4.78 is 39.6. The molecule has 0 spiro atoms. The van der Waals surface area contributed by atoms with Crippen molar-refractivity contribution in [1.29, 1.82) is 0 Å². The summed E-state index contributed by atoms with van der Waals surface area (Å²) in [5.74, 6) is 0.748. The molecule has 3 heterocycles. The largest absolute Gasteiger partial charge is 0.416 e. The van der Waals surface area contributed by atoms with E-state index in [1.165, 1.54) is 0 Å². The fraction of sp³-hybridized carbons (Fsp3) is 0.389. The number of fused-ring (bicyclic) bond motifs is 1. The Kier molecular flexibility index (Phi) is 4.47. The second-order valence-corrected chi connectivity index (χ2v) is 6.69. The van der Waals surface area contributed by atoms with E-state index in [1.807, 2.05) is 19.2 Å². The second-order valence-electron chi connectivity index (χ2n) is 6.69. The van der Waals surface area contributed by atoms with Gasteiger partial charge < -0.3 is 4.90 Å². The summed E-state index contributed by atoms with van der Waals surface area (Å²) in [5, 5.41) is 12.5. The van der Waals surface area contributed by atoms with Crippen molar-refractivity contribution in [2.24, 2.45) is 0 Å². The van der Waals surface area contributed by atoms with Crippen molar-refractivity contribution >= 4 is 11.3 Å². The van der Waals surface area contributed by atoms with Crippen LogP contribution in [0.3, 0.4) is 0 Å². The van der Waals surface area contributed by atoms with Gasteiger partial charge in [0.05, 0.1) is 17.4 Å². The van der Waals surface area contributed by atoms with Gasteiger partial charge in [-0.2, -0.15) is 22.8 Å². The highest BCUT2D eigenvalue weighted by molar-refractivity contribution is 5.54. The SMILES string of the molecule is Cc1nnc2cc(N3CCN(Cc4ccc(C(F)(F)F)cc4)CC3)cnn12. The number of hydrogen-bond donors (Lipinski definition) is 0. The fourth-order valence-electron chi connectivity index (χ4n) is 3.29. The summed E-state index contributed by atoms with van der Waals surface area (Å²) in [4.78, 5) is 4.48. The molecule has 9 heteroatoms. The minimum atomic E-state index is -4.29. The highest BCUT2D eigenvalue weighted by Crippen LogP contribution is 2.29. The third-order valence-corrected chi connectivity index (χ3v) is 4.83. The third-order valence-electron chi connectivity index (χ3n) is 4.83. The number of rotatable bonds is 3. The monoisotopic (exact) mass is 376 g/mol. The van der Waals surface area contributed by atoms with E-state index in [9.17, 15) is 13.2 Å². The van der Waals surface area contributed by atoms with E-state index in [0.29, 0.717) is 6.54 Å². The van der Waals surface area contributed by atoms with Crippen molar-refractivity contribution in [2.45, 2.75) is 19.6 Å². The number of halogens is 3. The van der Waals surface area contributed by atoms with Crippen LogP contribution in [0.15, 0.2) is 36.5 Å². The van der Waals surface area contributed by atoms with E-state index < -0.39 is 11.7 Å². The average Bonchev–Trinajstić information content (AvgIpc) is 3.02. The lowest BCUT2D eigenvalue weighted by atomic mass is 10.1. The van der Waals surface area contributed by atoms with Crippen LogP contribution in [0.25, 0.3) is 5.65 Å². The van der Waals surface area contributed by atoms with Crippen molar-refractivity contribution in [1.82, 2.24) is 24.7 Å². The first-order valence-electron chi connectivity index (χ1n) is 8.72. The molecule has 1 aliphatic heterocycles. The molecule has 0 unspecified atom stereocenters. The Morgan fingerprint density at radius 1 is 1.00 bits per heavy atom. The molecule has 0 N–H and O–H groups in total. The third kappa shape index (κ3) is 3.73. The number of hydrogen-bond acceptors (Lipinski definition) is 5. The molecule has 27 heavy (non-hydrogen) atoms. The maximum absolute atomic E-state index is 12.7. The number of aryl methyl sites for hydroxylation is 1. The summed E-state index contributed by atoms with van der Waals surface area (Å²) in [6, 6.07) is 7.37. The van der Waals surface area contributed by atoms with E-state index in [4.69, 9.17) is 0 Å². The van der Waals surface area contributed by atoms with Gasteiger partial charge in [-0.1, -0.05) is 12.1 Å². The van der Waals surface area contributed by atoms with E-state index in [-0.39, 0.29) is 0 Å². The number of aromatic nitrogens is 4. The zero-order valence-electron chi connectivity index (χ0n) is 14.8. The molecule has 6 nitrogen and oxygen atoms in total. The number of anilines is 1. The summed E-state index contributed by atoms with van der Waals surface area (Å²) in [6.45, 7) is 5.81. The van der Waals surface area contributed by atoms with E-state index in [0.717, 1.165) is 61.0 Å². The normalized spacial score (nSPS) is 16.2. The van der Waals surface area contributed by atoms with Crippen molar-refractivity contribution in [3.63, 3.8) is 0 Å². The van der Waals surface area contributed by atoms with Gasteiger partial charge in [-0.25, -0.2) is 0 Å². The topological polar surface area (TPSA) is 49.6 Å². The number of nitrogens with zero attached hydrogens (tertiary/aromatic N) is 6. The molecule has 1 saturated heterocycles. The van der Waals surface area contributed by atoms with Crippen molar-refractivity contribution in [2.75, 3.05) is 31.1 Å². The molecule has 0 aliphatic carbocycles. The molecule has 0 radical (unpaired) electrons. The smallest absolute Gasteiger partial charge is 0.368 e. The van der Waals surface area contributed by atoms with Crippen LogP contribution in [0.1, 0.15) is 17.0 Å². The lowest BCUT2D eigenvalue weighted by Crippen LogP contribution is -2.46. The van der Waals surface area contributed by atoms with E-state index in [2.05, 4.69) is 25.1 Å². The molecule has 0 saturated carbocycles. The van der Waals surface area contributed by atoms with Crippen LogP contribution in [-0.4, -0.2) is 50.9 Å². The van der Waals surface area contributed by atoms with Crippen LogP contribution < -0.4 is 4.90 Å². The molecule has 142 valence electrons. The summed E-state index contributed by atoms with van der Waals surface area (Å²) in [5.41, 5.74) is 2.00. The molecule has 2 aromatic heterocycles. The van der Waals surface area contributed by atoms with Gasteiger partial charge in [0.2, 0.25) is 0 Å². The molecule has 0 amide bonds. The Labute approximate surface area is 154 Å². The molecule has 1 fully saturated rings. The van der Waals surface area contributed by atoms with Crippen LogP contribution in [0.2, 0.25) is 0 Å². The lowest BCUT2D eigenvalue weighted by molar-refractivity contribution is -0.137. The first kappa shape index (κ1) is 17.7. The molecule has 4 rings (SSSR count). The van der Waals surface area contributed by atoms with Gasteiger partial charge in [0.25, 0.3) is 0 Å². The summed E-state index contributed by atoms with van der Waals surface area (Å²) in [6.07, 6.45) is -2.48. The van der Waals surface area contributed by atoms with Gasteiger partial charge in [-0.15, -0.1) is 10.2 Å². The number of piperazine rings is 1.